The largest absolute Gasteiger partial charge is 0.462 e. The first kappa shape index (κ1) is 75.3. The molecule has 0 saturated heterocycles. The Balaban J connectivity index is 4.37. The van der Waals surface area contributed by atoms with Gasteiger partial charge >= 0.3 is 17.9 Å². The number of hydrogen-bond acceptors (Lipinski definition) is 6. The summed E-state index contributed by atoms with van der Waals surface area (Å²) >= 11 is 0. The van der Waals surface area contributed by atoms with Crippen LogP contribution in [-0.4, -0.2) is 37.2 Å². The zero-order chi connectivity index (χ0) is 57.1. The Labute approximate surface area is 489 Å². The fraction of sp³-hybridized carbons (Fsp3) is 0.740. The summed E-state index contributed by atoms with van der Waals surface area (Å²) in [6, 6.07) is 0. The van der Waals surface area contributed by atoms with Gasteiger partial charge in [-0.05, 0) is 96.3 Å². The summed E-state index contributed by atoms with van der Waals surface area (Å²) in [6.45, 7) is 6.49. The van der Waals surface area contributed by atoms with E-state index in [0.29, 0.717) is 19.3 Å². The highest BCUT2D eigenvalue weighted by atomic mass is 16.6. The van der Waals surface area contributed by atoms with Crippen LogP contribution in [0.25, 0.3) is 0 Å². The first-order chi connectivity index (χ1) is 39.0. The number of ether oxygens (including phenoxy) is 3. The minimum absolute atomic E-state index is 0.0905. The summed E-state index contributed by atoms with van der Waals surface area (Å²) < 4.78 is 16.9. The molecule has 0 rings (SSSR count). The molecule has 0 spiro atoms. The zero-order valence-corrected chi connectivity index (χ0v) is 52.1. The van der Waals surface area contributed by atoms with Crippen LogP contribution in [0.1, 0.15) is 329 Å². The normalized spacial score (nSPS) is 12.7. The lowest BCUT2D eigenvalue weighted by Crippen LogP contribution is -2.30. The molecule has 1 atom stereocenters. The van der Waals surface area contributed by atoms with Crippen LogP contribution in [0.3, 0.4) is 0 Å². The van der Waals surface area contributed by atoms with Crippen molar-refractivity contribution in [3.63, 3.8) is 0 Å². The van der Waals surface area contributed by atoms with Gasteiger partial charge in [0.1, 0.15) is 13.2 Å². The molecule has 0 N–H and O–H groups in total. The fourth-order valence-electron chi connectivity index (χ4n) is 9.52. The Morgan fingerprint density at radius 1 is 0.266 bits per heavy atom. The van der Waals surface area contributed by atoms with E-state index >= 15 is 0 Å². The molecule has 0 bridgehead atoms. The third-order valence-electron chi connectivity index (χ3n) is 14.6. The van der Waals surface area contributed by atoms with Gasteiger partial charge in [0, 0.05) is 19.3 Å². The van der Waals surface area contributed by atoms with E-state index in [4.69, 9.17) is 14.2 Å². The van der Waals surface area contributed by atoms with E-state index in [-0.39, 0.29) is 31.1 Å². The molecule has 6 nitrogen and oxygen atoms in total. The molecule has 0 aliphatic carbocycles. The van der Waals surface area contributed by atoms with E-state index < -0.39 is 6.10 Å². The fourth-order valence-corrected chi connectivity index (χ4v) is 9.52. The monoisotopic (exact) mass is 1100 g/mol. The van der Waals surface area contributed by atoms with Crippen molar-refractivity contribution in [2.45, 2.75) is 335 Å². The Hall–Kier alpha value is -3.67. The van der Waals surface area contributed by atoms with Gasteiger partial charge in [-0.1, -0.05) is 311 Å². The van der Waals surface area contributed by atoms with Gasteiger partial charge in [0.25, 0.3) is 0 Å². The molecular weight excluding hydrogens is 973 g/mol. The second-order valence-corrected chi connectivity index (χ2v) is 22.4. The third kappa shape index (κ3) is 65.0. The van der Waals surface area contributed by atoms with Crippen molar-refractivity contribution in [1.82, 2.24) is 0 Å². The van der Waals surface area contributed by atoms with Crippen LogP contribution in [0.15, 0.2) is 97.2 Å². The highest BCUT2D eigenvalue weighted by molar-refractivity contribution is 5.71. The number of esters is 3. The molecule has 6 heteroatoms. The van der Waals surface area contributed by atoms with Gasteiger partial charge in [0.2, 0.25) is 0 Å². The number of rotatable bonds is 61. The SMILES string of the molecule is CC/C=C\C/C=C\C/C=C\C/C=C\C/C=C\C/C=C\CCCCCCC(=O)OC(COC(=O)CCCCCCC/C=C\C/C=C\CCCC)COC(=O)CCCCCCCCCCCCCCCCCCCCCCCCCC. The number of allylic oxidation sites excluding steroid dienone is 16. The van der Waals surface area contributed by atoms with E-state index in [1.165, 1.54) is 154 Å². The van der Waals surface area contributed by atoms with Crippen LogP contribution in [0.2, 0.25) is 0 Å². The van der Waals surface area contributed by atoms with Crippen molar-refractivity contribution in [3.05, 3.63) is 97.2 Å². The number of carbonyl (C=O) groups excluding carboxylic acids is 3. The Kier molecular flexibility index (Phi) is 63.7. The minimum atomic E-state index is -0.799. The third-order valence-corrected chi connectivity index (χ3v) is 14.6. The van der Waals surface area contributed by atoms with Crippen molar-refractivity contribution in [2.24, 2.45) is 0 Å². The summed E-state index contributed by atoms with van der Waals surface area (Å²) in [4.78, 5) is 38.4. The lowest BCUT2D eigenvalue weighted by Gasteiger charge is -2.18. The van der Waals surface area contributed by atoms with Crippen molar-refractivity contribution in [3.8, 4) is 0 Å². The van der Waals surface area contributed by atoms with Crippen LogP contribution in [-0.2, 0) is 28.6 Å². The van der Waals surface area contributed by atoms with E-state index in [1.807, 2.05) is 0 Å². The average molecular weight is 1100 g/mol. The Bertz CT molecular complexity index is 1540. The zero-order valence-electron chi connectivity index (χ0n) is 52.1. The van der Waals surface area contributed by atoms with Crippen LogP contribution in [0, 0.1) is 0 Å². The predicted molar refractivity (Wildman–Crippen MR) is 344 cm³/mol. The standard InChI is InChI=1S/C73H126O6/c1-4-7-10-13-16-19-22-25-28-30-32-34-36-38-39-41-43-45-48-51-54-57-60-63-66-72(75)78-69-70(68-77-71(74)65-62-59-56-53-50-47-27-24-21-18-15-12-9-6-3)79-73(76)67-64-61-58-55-52-49-46-44-42-40-37-35-33-31-29-26-23-20-17-14-11-8-5-2/h8,11,15,17-18,20,24,26-27,29,33,35,40,42,46,49,70H,4-7,9-10,12-14,16,19,21-23,25,28,30-32,34,36-39,41,43-45,47-48,50-69H2,1-3H3/b11-8-,18-15-,20-17-,27-24-,29-26-,35-33-,42-40-,49-46-. The maximum Gasteiger partial charge on any atom is 0.306 e. The van der Waals surface area contributed by atoms with Crippen LogP contribution in [0.5, 0.6) is 0 Å². The minimum Gasteiger partial charge on any atom is -0.462 e. The molecule has 0 aliphatic heterocycles. The topological polar surface area (TPSA) is 78.9 Å². The van der Waals surface area contributed by atoms with Crippen LogP contribution < -0.4 is 0 Å². The molecular formula is C73H126O6. The van der Waals surface area contributed by atoms with E-state index in [9.17, 15) is 14.4 Å². The smallest absolute Gasteiger partial charge is 0.306 e. The quantitative estimate of drug-likeness (QED) is 0.0261. The highest BCUT2D eigenvalue weighted by Crippen LogP contribution is 2.17. The molecule has 0 fully saturated rings. The first-order valence-corrected chi connectivity index (χ1v) is 33.7. The number of hydrogen-bond donors (Lipinski definition) is 0. The van der Waals surface area contributed by atoms with Gasteiger partial charge in [0.15, 0.2) is 6.10 Å². The van der Waals surface area contributed by atoms with E-state index in [1.54, 1.807) is 0 Å². The Morgan fingerprint density at radius 3 is 0.810 bits per heavy atom. The lowest BCUT2D eigenvalue weighted by molar-refractivity contribution is -0.167. The van der Waals surface area contributed by atoms with Crippen molar-refractivity contribution >= 4 is 17.9 Å². The summed E-state index contributed by atoms with van der Waals surface area (Å²) in [5.74, 6) is -0.917. The van der Waals surface area contributed by atoms with Crippen LogP contribution >= 0.6 is 0 Å². The number of unbranched alkanes of at least 4 members (excludes halogenated alkanes) is 34. The number of carbonyl (C=O) groups is 3. The first-order valence-electron chi connectivity index (χ1n) is 33.7. The lowest BCUT2D eigenvalue weighted by atomic mass is 10.0. The molecule has 0 aliphatic rings. The predicted octanol–water partition coefficient (Wildman–Crippen LogP) is 23.2. The molecule has 454 valence electrons. The van der Waals surface area contributed by atoms with E-state index in [2.05, 4.69) is 118 Å². The van der Waals surface area contributed by atoms with Gasteiger partial charge < -0.3 is 14.2 Å². The maximum absolute atomic E-state index is 12.9. The van der Waals surface area contributed by atoms with E-state index in [0.717, 1.165) is 135 Å². The summed E-state index contributed by atoms with van der Waals surface area (Å²) in [5, 5.41) is 0. The van der Waals surface area contributed by atoms with Gasteiger partial charge in [-0.25, -0.2) is 0 Å². The van der Waals surface area contributed by atoms with Crippen molar-refractivity contribution in [2.75, 3.05) is 13.2 Å². The summed E-state index contributed by atoms with van der Waals surface area (Å²) in [5.41, 5.74) is 0. The van der Waals surface area contributed by atoms with Gasteiger partial charge in [0.05, 0.1) is 0 Å². The van der Waals surface area contributed by atoms with Crippen LogP contribution in [0.4, 0.5) is 0 Å². The van der Waals surface area contributed by atoms with Gasteiger partial charge in [-0.3, -0.25) is 14.4 Å². The van der Waals surface area contributed by atoms with Gasteiger partial charge in [-0.2, -0.15) is 0 Å². The highest BCUT2D eigenvalue weighted by Gasteiger charge is 2.19. The molecule has 0 amide bonds. The summed E-state index contributed by atoms with van der Waals surface area (Å²) in [6.07, 6.45) is 90.0. The molecule has 0 aromatic rings. The molecule has 0 heterocycles. The molecule has 0 radical (unpaired) electrons. The summed E-state index contributed by atoms with van der Waals surface area (Å²) in [7, 11) is 0. The molecule has 1 unspecified atom stereocenters. The maximum atomic E-state index is 12.9. The second kappa shape index (κ2) is 66.8. The van der Waals surface area contributed by atoms with Crippen molar-refractivity contribution < 1.29 is 28.6 Å². The molecule has 0 aromatic heterocycles. The average Bonchev–Trinajstić information content (AvgIpc) is 3.45. The molecule has 0 aromatic carbocycles. The second-order valence-electron chi connectivity index (χ2n) is 22.4. The van der Waals surface area contributed by atoms with Gasteiger partial charge in [-0.15, -0.1) is 0 Å². The molecule has 79 heavy (non-hydrogen) atoms. The Morgan fingerprint density at radius 2 is 0.506 bits per heavy atom. The molecule has 0 saturated carbocycles. The van der Waals surface area contributed by atoms with Crippen molar-refractivity contribution in [1.29, 1.82) is 0 Å².